The summed E-state index contributed by atoms with van der Waals surface area (Å²) in [6.07, 6.45) is 6.58. The van der Waals surface area contributed by atoms with Gasteiger partial charge in [0.1, 0.15) is 29.0 Å². The van der Waals surface area contributed by atoms with E-state index in [0.29, 0.717) is 18.7 Å². The standard InChI is InChI=1S/C27H30N4O3/c1-21-11-12-25(34-21)23-19-24(26-10-6-18-33-26)31(28-23)27(32)20-30-16-14-29(15-17-30)13-5-9-22-7-3-2-4-8-22/h2-12,18,24H,13-17,19-20H2,1H3. The minimum atomic E-state index is -0.243. The minimum absolute atomic E-state index is 0.0166. The van der Waals surface area contributed by atoms with Gasteiger partial charge in [-0.15, -0.1) is 0 Å². The lowest BCUT2D eigenvalue weighted by Crippen LogP contribution is -2.49. The Kier molecular flexibility index (Phi) is 6.74. The van der Waals surface area contributed by atoms with Gasteiger partial charge >= 0.3 is 0 Å². The van der Waals surface area contributed by atoms with E-state index in [-0.39, 0.29) is 11.9 Å². The van der Waals surface area contributed by atoms with E-state index in [9.17, 15) is 4.79 Å². The fraction of sp³-hybridized carbons (Fsp3) is 0.333. The molecule has 2 aromatic heterocycles. The predicted octanol–water partition coefficient (Wildman–Crippen LogP) is 4.19. The number of furan rings is 2. The Morgan fingerprint density at radius 1 is 1.03 bits per heavy atom. The predicted molar refractivity (Wildman–Crippen MR) is 131 cm³/mol. The second kappa shape index (κ2) is 10.2. The van der Waals surface area contributed by atoms with Crippen molar-refractivity contribution >= 4 is 17.7 Å². The lowest BCUT2D eigenvalue weighted by atomic mass is 10.1. The van der Waals surface area contributed by atoms with E-state index in [1.807, 2.05) is 37.3 Å². The molecule has 7 heteroatoms. The van der Waals surface area contributed by atoms with E-state index in [0.717, 1.165) is 50.0 Å². The number of hydrogen-bond acceptors (Lipinski definition) is 6. The number of aryl methyl sites for hydroxylation is 1. The second-order valence-corrected chi connectivity index (χ2v) is 8.82. The van der Waals surface area contributed by atoms with Gasteiger partial charge in [0.2, 0.25) is 0 Å². The minimum Gasteiger partial charge on any atom is -0.467 e. The van der Waals surface area contributed by atoms with Gasteiger partial charge in [-0.25, -0.2) is 5.01 Å². The number of benzene rings is 1. The van der Waals surface area contributed by atoms with Crippen LogP contribution in [-0.4, -0.2) is 65.7 Å². The molecule has 0 N–H and O–H groups in total. The third-order valence-corrected chi connectivity index (χ3v) is 6.36. The molecule has 0 spiro atoms. The first-order valence-electron chi connectivity index (χ1n) is 11.8. The molecular formula is C27H30N4O3. The van der Waals surface area contributed by atoms with Crippen LogP contribution in [-0.2, 0) is 4.79 Å². The third kappa shape index (κ3) is 5.21. The van der Waals surface area contributed by atoms with Crippen LogP contribution in [0, 0.1) is 6.92 Å². The molecule has 2 aliphatic heterocycles. The number of rotatable bonds is 7. The van der Waals surface area contributed by atoms with Crippen LogP contribution in [0.15, 0.2) is 80.9 Å². The summed E-state index contributed by atoms with van der Waals surface area (Å²) in [7, 11) is 0. The molecule has 176 valence electrons. The van der Waals surface area contributed by atoms with Crippen LogP contribution >= 0.6 is 0 Å². The van der Waals surface area contributed by atoms with Crippen LogP contribution in [0.4, 0.5) is 0 Å². The summed E-state index contributed by atoms with van der Waals surface area (Å²) >= 11 is 0. The van der Waals surface area contributed by atoms with Gasteiger partial charge in [0.15, 0.2) is 0 Å². The smallest absolute Gasteiger partial charge is 0.257 e. The van der Waals surface area contributed by atoms with Gasteiger partial charge in [0.05, 0.1) is 12.8 Å². The van der Waals surface area contributed by atoms with Gasteiger partial charge in [-0.2, -0.15) is 5.10 Å². The van der Waals surface area contributed by atoms with Gasteiger partial charge in [0, 0.05) is 39.1 Å². The molecule has 2 aliphatic rings. The maximum absolute atomic E-state index is 13.3. The molecule has 1 fully saturated rings. The highest BCUT2D eigenvalue weighted by Gasteiger charge is 2.36. The van der Waals surface area contributed by atoms with E-state index in [4.69, 9.17) is 8.83 Å². The quantitative estimate of drug-likeness (QED) is 0.531. The molecule has 34 heavy (non-hydrogen) atoms. The highest BCUT2D eigenvalue weighted by Crippen LogP contribution is 2.33. The second-order valence-electron chi connectivity index (χ2n) is 8.82. The van der Waals surface area contributed by atoms with Gasteiger partial charge in [-0.3, -0.25) is 14.6 Å². The number of hydrazone groups is 1. The zero-order chi connectivity index (χ0) is 23.3. The molecule has 3 aromatic rings. The molecule has 5 rings (SSSR count). The topological polar surface area (TPSA) is 65.4 Å². The molecular weight excluding hydrogens is 428 g/mol. The van der Waals surface area contributed by atoms with Crippen molar-refractivity contribution in [3.8, 4) is 0 Å². The van der Waals surface area contributed by atoms with E-state index in [1.54, 1.807) is 11.3 Å². The Morgan fingerprint density at radius 2 is 1.82 bits per heavy atom. The summed E-state index contributed by atoms with van der Waals surface area (Å²) in [5.74, 6) is 2.26. The Hall–Kier alpha value is -3.42. The molecule has 0 saturated carbocycles. The number of hydrogen-bond donors (Lipinski definition) is 0. The van der Waals surface area contributed by atoms with E-state index in [1.165, 1.54) is 5.56 Å². The molecule has 1 saturated heterocycles. The van der Waals surface area contributed by atoms with Gasteiger partial charge in [-0.05, 0) is 36.8 Å². The Bertz CT molecular complexity index is 1140. The summed E-state index contributed by atoms with van der Waals surface area (Å²) in [5.41, 5.74) is 1.99. The van der Waals surface area contributed by atoms with Crippen LogP contribution < -0.4 is 0 Å². The van der Waals surface area contributed by atoms with Crippen molar-refractivity contribution in [2.45, 2.75) is 19.4 Å². The summed E-state index contributed by atoms with van der Waals surface area (Å²) < 4.78 is 11.4. The summed E-state index contributed by atoms with van der Waals surface area (Å²) in [6, 6.07) is 17.7. The van der Waals surface area contributed by atoms with Crippen LogP contribution in [0.2, 0.25) is 0 Å². The van der Waals surface area contributed by atoms with Crippen LogP contribution in [0.5, 0.6) is 0 Å². The summed E-state index contributed by atoms with van der Waals surface area (Å²) in [6.45, 7) is 6.76. The molecule has 1 unspecified atom stereocenters. The molecule has 0 radical (unpaired) electrons. The number of nitrogens with zero attached hydrogens (tertiary/aromatic N) is 4. The summed E-state index contributed by atoms with van der Waals surface area (Å²) in [5, 5.41) is 6.24. The summed E-state index contributed by atoms with van der Waals surface area (Å²) in [4.78, 5) is 17.9. The van der Waals surface area contributed by atoms with Gasteiger partial charge in [0.25, 0.3) is 5.91 Å². The van der Waals surface area contributed by atoms with Crippen LogP contribution in [0.1, 0.15) is 35.3 Å². The molecule has 1 aromatic carbocycles. The zero-order valence-electron chi connectivity index (χ0n) is 19.5. The number of piperazine rings is 1. The zero-order valence-corrected chi connectivity index (χ0v) is 19.5. The molecule has 0 bridgehead atoms. The lowest BCUT2D eigenvalue weighted by molar-refractivity contribution is -0.135. The molecule has 0 aliphatic carbocycles. The molecule has 4 heterocycles. The Labute approximate surface area is 199 Å². The van der Waals surface area contributed by atoms with Gasteiger partial charge in [-0.1, -0.05) is 42.5 Å². The highest BCUT2D eigenvalue weighted by atomic mass is 16.3. The van der Waals surface area contributed by atoms with Crippen molar-refractivity contribution in [2.24, 2.45) is 5.10 Å². The lowest BCUT2D eigenvalue weighted by Gasteiger charge is -2.34. The highest BCUT2D eigenvalue weighted by molar-refractivity contribution is 6.01. The Morgan fingerprint density at radius 3 is 2.53 bits per heavy atom. The van der Waals surface area contributed by atoms with E-state index >= 15 is 0 Å². The van der Waals surface area contributed by atoms with Gasteiger partial charge < -0.3 is 8.83 Å². The largest absolute Gasteiger partial charge is 0.467 e. The SMILES string of the molecule is Cc1ccc(C2=NN(C(=O)CN3CCN(CC=Cc4ccccc4)CC3)C(c3ccco3)C2)o1. The maximum atomic E-state index is 13.3. The van der Waals surface area contributed by atoms with Crippen LogP contribution in [0.25, 0.3) is 6.08 Å². The first-order valence-corrected chi connectivity index (χ1v) is 11.8. The third-order valence-electron chi connectivity index (χ3n) is 6.36. The maximum Gasteiger partial charge on any atom is 0.257 e. The Balaban J connectivity index is 1.17. The van der Waals surface area contributed by atoms with Crippen molar-refractivity contribution in [3.63, 3.8) is 0 Å². The molecule has 7 nitrogen and oxygen atoms in total. The molecule has 1 amide bonds. The number of carbonyl (C=O) groups is 1. The monoisotopic (exact) mass is 458 g/mol. The van der Waals surface area contributed by atoms with Crippen LogP contribution in [0.3, 0.4) is 0 Å². The van der Waals surface area contributed by atoms with Crippen molar-refractivity contribution in [3.05, 3.63) is 89.8 Å². The number of carbonyl (C=O) groups excluding carboxylic acids is 1. The first-order chi connectivity index (χ1) is 16.7. The van der Waals surface area contributed by atoms with E-state index in [2.05, 4.69) is 51.3 Å². The van der Waals surface area contributed by atoms with Crippen molar-refractivity contribution < 1.29 is 13.6 Å². The average Bonchev–Trinajstić information content (AvgIpc) is 3.61. The normalized spacial score (nSPS) is 19.7. The van der Waals surface area contributed by atoms with Crippen molar-refractivity contribution in [2.75, 3.05) is 39.3 Å². The number of amides is 1. The van der Waals surface area contributed by atoms with Crippen molar-refractivity contribution in [1.29, 1.82) is 0 Å². The average molecular weight is 459 g/mol. The van der Waals surface area contributed by atoms with E-state index < -0.39 is 0 Å². The fourth-order valence-electron chi connectivity index (χ4n) is 4.48. The fourth-order valence-corrected chi connectivity index (χ4v) is 4.48. The first kappa shape index (κ1) is 22.4. The van der Waals surface area contributed by atoms with Crippen molar-refractivity contribution in [1.82, 2.24) is 14.8 Å². The molecule has 1 atom stereocenters.